The number of nitrogens with zero attached hydrogens (tertiary/aromatic N) is 3. The molecule has 1 N–H and O–H groups in total. The molecule has 3 heterocycles. The Hall–Kier alpha value is -2.69. The van der Waals surface area contributed by atoms with E-state index in [1.54, 1.807) is 6.20 Å². The second-order valence-corrected chi connectivity index (χ2v) is 7.95. The van der Waals surface area contributed by atoms with Gasteiger partial charge in [0, 0.05) is 46.9 Å². The van der Waals surface area contributed by atoms with E-state index in [0.29, 0.717) is 12.5 Å². The van der Waals surface area contributed by atoms with Crippen LogP contribution in [-0.4, -0.2) is 20.2 Å². The van der Waals surface area contributed by atoms with Gasteiger partial charge in [0.25, 0.3) is 0 Å². The second kappa shape index (κ2) is 6.56. The summed E-state index contributed by atoms with van der Waals surface area (Å²) in [5.74, 6) is 1.48. The van der Waals surface area contributed by atoms with Crippen LogP contribution in [0.15, 0.2) is 42.9 Å². The van der Waals surface area contributed by atoms with Gasteiger partial charge in [-0.15, -0.1) is 0 Å². The molecule has 0 spiro atoms. The lowest BCUT2D eigenvalue weighted by Crippen LogP contribution is -2.11. The molecule has 0 radical (unpaired) electrons. The van der Waals surface area contributed by atoms with Crippen molar-refractivity contribution in [3.05, 3.63) is 59.7 Å². The number of hydrogen-bond acceptors (Lipinski definition) is 4. The monoisotopic (exact) mass is 348 g/mol. The molecule has 3 aromatic heterocycles. The van der Waals surface area contributed by atoms with Crippen LogP contribution in [0, 0.1) is 0 Å². The van der Waals surface area contributed by atoms with Crippen LogP contribution >= 0.6 is 0 Å². The summed E-state index contributed by atoms with van der Waals surface area (Å²) in [5.41, 5.74) is 5.06. The first-order chi connectivity index (χ1) is 12.5. The van der Waals surface area contributed by atoms with Gasteiger partial charge in [-0.2, -0.15) is 5.10 Å². The summed E-state index contributed by atoms with van der Waals surface area (Å²) >= 11 is 0. The highest BCUT2D eigenvalue weighted by Gasteiger charge is 2.28. The van der Waals surface area contributed by atoms with Crippen LogP contribution in [0.5, 0.6) is 5.75 Å². The van der Waals surface area contributed by atoms with Crippen molar-refractivity contribution in [3.63, 3.8) is 0 Å². The maximum atomic E-state index is 6.14. The minimum absolute atomic E-state index is 0.0266. The Balaban J connectivity index is 1.61. The number of hydrogen-bond donors (Lipinski definition) is 1. The van der Waals surface area contributed by atoms with Crippen molar-refractivity contribution in [1.29, 1.82) is 0 Å². The molecule has 5 nitrogen and oxygen atoms in total. The number of aromatic amines is 1. The van der Waals surface area contributed by atoms with Crippen LogP contribution in [0.25, 0.3) is 11.4 Å². The van der Waals surface area contributed by atoms with Gasteiger partial charge in [0.15, 0.2) is 0 Å². The van der Waals surface area contributed by atoms with Crippen molar-refractivity contribution < 1.29 is 4.74 Å². The van der Waals surface area contributed by atoms with Crippen LogP contribution < -0.4 is 4.74 Å². The molecule has 1 saturated carbocycles. The molecule has 5 heteroatoms. The van der Waals surface area contributed by atoms with E-state index >= 15 is 0 Å². The smallest absolute Gasteiger partial charge is 0.127 e. The molecule has 1 aliphatic rings. The lowest BCUT2D eigenvalue weighted by Gasteiger charge is -2.14. The Morgan fingerprint density at radius 1 is 1.15 bits per heavy atom. The molecule has 0 aromatic carbocycles. The van der Waals surface area contributed by atoms with E-state index in [-0.39, 0.29) is 5.41 Å². The second-order valence-electron chi connectivity index (χ2n) is 7.95. The van der Waals surface area contributed by atoms with Gasteiger partial charge in [-0.05, 0) is 30.9 Å². The summed E-state index contributed by atoms with van der Waals surface area (Å²) in [5, 5.41) is 7.58. The molecule has 0 saturated heterocycles. The van der Waals surface area contributed by atoms with E-state index < -0.39 is 0 Å². The number of aromatic nitrogens is 4. The van der Waals surface area contributed by atoms with E-state index in [2.05, 4.69) is 47.0 Å². The molecule has 1 fully saturated rings. The van der Waals surface area contributed by atoms with Crippen molar-refractivity contribution in [2.24, 2.45) is 0 Å². The molecule has 0 bridgehead atoms. The van der Waals surface area contributed by atoms with Gasteiger partial charge in [-0.3, -0.25) is 15.1 Å². The largest absolute Gasteiger partial charge is 0.488 e. The van der Waals surface area contributed by atoms with Crippen LogP contribution in [0.3, 0.4) is 0 Å². The molecule has 134 valence electrons. The van der Waals surface area contributed by atoms with Crippen LogP contribution in [0.1, 0.15) is 56.4 Å². The van der Waals surface area contributed by atoms with Crippen molar-refractivity contribution in [2.45, 2.75) is 51.6 Å². The molecule has 26 heavy (non-hydrogen) atoms. The summed E-state index contributed by atoms with van der Waals surface area (Å²) in [6, 6.07) is 8.04. The first-order valence-electron chi connectivity index (χ1n) is 9.08. The van der Waals surface area contributed by atoms with Gasteiger partial charge in [0.1, 0.15) is 18.1 Å². The zero-order chi connectivity index (χ0) is 18.1. The van der Waals surface area contributed by atoms with Crippen LogP contribution in [0.2, 0.25) is 0 Å². The summed E-state index contributed by atoms with van der Waals surface area (Å²) in [6.07, 6.45) is 7.98. The van der Waals surface area contributed by atoms with E-state index in [1.165, 1.54) is 18.4 Å². The molecule has 4 rings (SSSR count). The zero-order valence-corrected chi connectivity index (χ0v) is 15.5. The number of ether oxygens (including phenoxy) is 1. The van der Waals surface area contributed by atoms with E-state index in [4.69, 9.17) is 4.74 Å². The topological polar surface area (TPSA) is 63.7 Å². The highest BCUT2D eigenvalue weighted by molar-refractivity contribution is 5.58. The molecule has 3 aromatic rings. The average molecular weight is 348 g/mol. The van der Waals surface area contributed by atoms with Gasteiger partial charge < -0.3 is 4.74 Å². The predicted octanol–water partition coefficient (Wildman–Crippen LogP) is 4.62. The van der Waals surface area contributed by atoms with Crippen LogP contribution in [-0.2, 0) is 12.0 Å². The zero-order valence-electron chi connectivity index (χ0n) is 15.5. The third kappa shape index (κ3) is 3.62. The number of nitrogens with one attached hydrogen (secondary N) is 1. The summed E-state index contributed by atoms with van der Waals surface area (Å²) in [4.78, 5) is 8.80. The lowest BCUT2D eigenvalue weighted by atomic mass is 9.92. The number of rotatable bonds is 5. The first-order valence-corrected chi connectivity index (χ1v) is 9.08. The predicted molar refractivity (Wildman–Crippen MR) is 101 cm³/mol. The Bertz CT molecular complexity index is 892. The fraction of sp³-hybridized carbons (Fsp3) is 0.381. The van der Waals surface area contributed by atoms with Gasteiger partial charge >= 0.3 is 0 Å². The fourth-order valence-electron chi connectivity index (χ4n) is 2.90. The lowest BCUT2D eigenvalue weighted by molar-refractivity contribution is 0.302. The summed E-state index contributed by atoms with van der Waals surface area (Å²) in [7, 11) is 0. The maximum Gasteiger partial charge on any atom is 0.127 e. The Labute approximate surface area is 153 Å². The number of pyridine rings is 2. The van der Waals surface area contributed by atoms with Gasteiger partial charge in [-0.25, -0.2) is 0 Å². The van der Waals surface area contributed by atoms with Gasteiger partial charge in [0.2, 0.25) is 0 Å². The minimum Gasteiger partial charge on any atom is -0.488 e. The molecule has 0 unspecified atom stereocenters. The minimum atomic E-state index is 0.0266. The molecule has 0 atom stereocenters. The molecular formula is C21H24N4O. The number of H-pyrrole nitrogens is 1. The van der Waals surface area contributed by atoms with Crippen LogP contribution in [0.4, 0.5) is 0 Å². The van der Waals surface area contributed by atoms with Gasteiger partial charge in [-0.1, -0.05) is 26.8 Å². The molecule has 1 aliphatic carbocycles. The molecular weight excluding hydrogens is 324 g/mol. The normalized spacial score (nSPS) is 14.4. The third-order valence-electron chi connectivity index (χ3n) is 4.68. The van der Waals surface area contributed by atoms with E-state index in [0.717, 1.165) is 28.4 Å². The molecule has 0 amide bonds. The highest BCUT2D eigenvalue weighted by Crippen LogP contribution is 2.44. The highest BCUT2D eigenvalue weighted by atomic mass is 16.5. The van der Waals surface area contributed by atoms with Crippen molar-refractivity contribution >= 4 is 0 Å². The first kappa shape index (κ1) is 16.8. The quantitative estimate of drug-likeness (QED) is 0.731. The van der Waals surface area contributed by atoms with E-state index in [9.17, 15) is 0 Å². The van der Waals surface area contributed by atoms with Crippen molar-refractivity contribution in [1.82, 2.24) is 20.2 Å². The summed E-state index contributed by atoms with van der Waals surface area (Å²) in [6.45, 7) is 6.99. The average Bonchev–Trinajstić information content (AvgIpc) is 3.34. The van der Waals surface area contributed by atoms with Crippen molar-refractivity contribution in [3.8, 4) is 17.1 Å². The standard InChI is InChI=1S/C21H24N4O/c1-21(2,3)20-10-18(24-25-20)17-9-19(16(12-23-17)15-6-7-15)26-13-14-5-4-8-22-11-14/h4-5,8-12,15H,6-7,13H2,1-3H3,(H,24,25). The van der Waals surface area contributed by atoms with E-state index in [1.807, 2.05) is 30.6 Å². The van der Waals surface area contributed by atoms with Gasteiger partial charge in [0.05, 0.1) is 5.69 Å². The maximum absolute atomic E-state index is 6.14. The Morgan fingerprint density at radius 3 is 2.65 bits per heavy atom. The third-order valence-corrected chi connectivity index (χ3v) is 4.68. The summed E-state index contributed by atoms with van der Waals surface area (Å²) < 4.78 is 6.14. The SMILES string of the molecule is CC(C)(C)c1cc(-c2cc(OCc3cccnc3)c(C3CC3)cn2)n[nH]1. The Morgan fingerprint density at radius 2 is 2.00 bits per heavy atom. The van der Waals surface area contributed by atoms with Crippen molar-refractivity contribution in [2.75, 3.05) is 0 Å². The fourth-order valence-corrected chi connectivity index (χ4v) is 2.90. The molecule has 0 aliphatic heterocycles. The Kier molecular flexibility index (Phi) is 4.23.